The van der Waals surface area contributed by atoms with Gasteiger partial charge in [-0.3, -0.25) is 0 Å². The SMILES string of the molecule is O=C(O)c1c(-c2ccccc2)[nH]c2c1CNC2. The Balaban J connectivity index is 2.21. The molecule has 1 aromatic heterocycles. The molecule has 0 aliphatic carbocycles. The molecule has 0 saturated carbocycles. The number of nitrogens with one attached hydrogen (secondary N) is 2. The molecule has 1 aromatic carbocycles. The van der Waals surface area contributed by atoms with Gasteiger partial charge < -0.3 is 15.4 Å². The molecule has 0 saturated heterocycles. The van der Waals surface area contributed by atoms with Crippen molar-refractivity contribution in [3.05, 3.63) is 47.2 Å². The molecule has 1 aliphatic heterocycles. The van der Waals surface area contributed by atoms with Crippen molar-refractivity contribution in [2.45, 2.75) is 13.1 Å². The lowest BCUT2D eigenvalue weighted by atomic mass is 10.0. The van der Waals surface area contributed by atoms with Crippen LogP contribution in [-0.2, 0) is 13.1 Å². The van der Waals surface area contributed by atoms with Gasteiger partial charge in [0.25, 0.3) is 0 Å². The summed E-state index contributed by atoms with van der Waals surface area (Å²) in [4.78, 5) is 14.6. The van der Waals surface area contributed by atoms with Crippen LogP contribution >= 0.6 is 0 Å². The van der Waals surface area contributed by atoms with Crippen molar-refractivity contribution >= 4 is 5.97 Å². The molecule has 3 rings (SSSR count). The number of hydrogen-bond acceptors (Lipinski definition) is 2. The number of H-pyrrole nitrogens is 1. The molecular weight excluding hydrogens is 216 g/mol. The summed E-state index contributed by atoms with van der Waals surface area (Å²) in [5, 5.41) is 12.5. The van der Waals surface area contributed by atoms with E-state index in [1.807, 2.05) is 30.3 Å². The highest BCUT2D eigenvalue weighted by Crippen LogP contribution is 2.30. The monoisotopic (exact) mass is 228 g/mol. The van der Waals surface area contributed by atoms with Crippen LogP contribution in [0.4, 0.5) is 0 Å². The van der Waals surface area contributed by atoms with Crippen molar-refractivity contribution < 1.29 is 9.90 Å². The normalized spacial score (nSPS) is 13.6. The first kappa shape index (κ1) is 10.1. The quantitative estimate of drug-likeness (QED) is 0.736. The first-order valence-electron chi connectivity index (χ1n) is 5.50. The lowest BCUT2D eigenvalue weighted by Gasteiger charge is -2.02. The largest absolute Gasteiger partial charge is 0.478 e. The maximum atomic E-state index is 11.4. The zero-order valence-corrected chi connectivity index (χ0v) is 9.16. The van der Waals surface area contributed by atoms with Gasteiger partial charge in [-0.1, -0.05) is 30.3 Å². The maximum absolute atomic E-state index is 11.4. The molecular formula is C13H12N2O2. The Labute approximate surface area is 98.3 Å². The van der Waals surface area contributed by atoms with Crippen molar-refractivity contribution in [3.63, 3.8) is 0 Å². The number of fused-ring (bicyclic) bond motifs is 1. The van der Waals surface area contributed by atoms with E-state index in [4.69, 9.17) is 0 Å². The van der Waals surface area contributed by atoms with Crippen molar-refractivity contribution in [2.75, 3.05) is 0 Å². The van der Waals surface area contributed by atoms with Crippen LogP contribution < -0.4 is 5.32 Å². The number of aromatic amines is 1. The number of hydrogen-bond donors (Lipinski definition) is 3. The molecule has 0 radical (unpaired) electrons. The topological polar surface area (TPSA) is 65.1 Å². The van der Waals surface area contributed by atoms with E-state index < -0.39 is 5.97 Å². The van der Waals surface area contributed by atoms with Crippen LogP contribution in [0, 0.1) is 0 Å². The standard InChI is InChI=1S/C13H12N2O2/c16-13(17)11-9-6-14-7-10(9)15-12(11)8-4-2-1-3-5-8/h1-5,14-15H,6-7H2,(H,16,17). The van der Waals surface area contributed by atoms with E-state index in [2.05, 4.69) is 10.3 Å². The van der Waals surface area contributed by atoms with Crippen LogP contribution in [-0.4, -0.2) is 16.1 Å². The van der Waals surface area contributed by atoms with Crippen molar-refractivity contribution in [3.8, 4) is 11.3 Å². The molecule has 0 fully saturated rings. The van der Waals surface area contributed by atoms with Gasteiger partial charge in [0.1, 0.15) is 0 Å². The maximum Gasteiger partial charge on any atom is 0.338 e. The van der Waals surface area contributed by atoms with Crippen LogP contribution in [0.5, 0.6) is 0 Å². The molecule has 0 amide bonds. The Morgan fingerprint density at radius 1 is 1.18 bits per heavy atom. The zero-order valence-electron chi connectivity index (χ0n) is 9.16. The molecule has 0 unspecified atom stereocenters. The Bertz CT molecular complexity index is 573. The van der Waals surface area contributed by atoms with Gasteiger partial charge in [0, 0.05) is 24.3 Å². The van der Waals surface area contributed by atoms with Gasteiger partial charge in [0.05, 0.1) is 11.3 Å². The fourth-order valence-corrected chi connectivity index (χ4v) is 2.31. The van der Waals surface area contributed by atoms with Crippen molar-refractivity contribution in [1.82, 2.24) is 10.3 Å². The second-order valence-electron chi connectivity index (χ2n) is 4.11. The average molecular weight is 228 g/mol. The fraction of sp³-hybridized carbons (Fsp3) is 0.154. The zero-order chi connectivity index (χ0) is 11.8. The molecule has 86 valence electrons. The molecule has 0 atom stereocenters. The van der Waals surface area contributed by atoms with E-state index in [1.165, 1.54) is 0 Å². The minimum atomic E-state index is -0.870. The Kier molecular flexibility index (Phi) is 2.23. The molecule has 1 aliphatic rings. The van der Waals surface area contributed by atoms with Gasteiger partial charge in [0.2, 0.25) is 0 Å². The summed E-state index contributed by atoms with van der Waals surface area (Å²) in [7, 11) is 0. The Hall–Kier alpha value is -2.07. The molecule has 2 aromatic rings. The number of carboxylic acid groups (broad SMARTS) is 1. The van der Waals surface area contributed by atoms with Gasteiger partial charge >= 0.3 is 5.97 Å². The third-order valence-corrected chi connectivity index (χ3v) is 3.07. The highest BCUT2D eigenvalue weighted by Gasteiger charge is 2.25. The minimum Gasteiger partial charge on any atom is -0.478 e. The number of rotatable bonds is 2. The van der Waals surface area contributed by atoms with Gasteiger partial charge in [-0.05, 0) is 5.56 Å². The Morgan fingerprint density at radius 3 is 2.65 bits per heavy atom. The number of carboxylic acids is 1. The highest BCUT2D eigenvalue weighted by molar-refractivity contribution is 5.97. The fourth-order valence-electron chi connectivity index (χ4n) is 2.31. The van der Waals surface area contributed by atoms with E-state index in [0.717, 1.165) is 16.8 Å². The summed E-state index contributed by atoms with van der Waals surface area (Å²) < 4.78 is 0. The smallest absolute Gasteiger partial charge is 0.338 e. The van der Waals surface area contributed by atoms with Crippen LogP contribution in [0.1, 0.15) is 21.6 Å². The second-order valence-corrected chi connectivity index (χ2v) is 4.11. The molecule has 0 bridgehead atoms. The number of aromatic nitrogens is 1. The van der Waals surface area contributed by atoms with E-state index >= 15 is 0 Å². The van der Waals surface area contributed by atoms with Gasteiger partial charge in [-0.25, -0.2) is 4.79 Å². The Morgan fingerprint density at radius 2 is 1.94 bits per heavy atom. The van der Waals surface area contributed by atoms with Gasteiger partial charge in [0.15, 0.2) is 0 Å². The molecule has 0 spiro atoms. The third kappa shape index (κ3) is 1.54. The molecule has 3 N–H and O–H groups in total. The third-order valence-electron chi connectivity index (χ3n) is 3.07. The lowest BCUT2D eigenvalue weighted by Crippen LogP contribution is -2.06. The van der Waals surface area contributed by atoms with Gasteiger partial charge in [-0.2, -0.15) is 0 Å². The number of benzene rings is 1. The molecule has 4 heteroatoms. The van der Waals surface area contributed by atoms with Gasteiger partial charge in [-0.15, -0.1) is 0 Å². The van der Waals surface area contributed by atoms with Crippen molar-refractivity contribution in [1.29, 1.82) is 0 Å². The highest BCUT2D eigenvalue weighted by atomic mass is 16.4. The molecule has 17 heavy (non-hydrogen) atoms. The van der Waals surface area contributed by atoms with E-state index in [9.17, 15) is 9.90 Å². The summed E-state index contributed by atoms with van der Waals surface area (Å²) in [5.74, 6) is -0.870. The van der Waals surface area contributed by atoms with Crippen LogP contribution in [0.3, 0.4) is 0 Å². The minimum absolute atomic E-state index is 0.399. The van der Waals surface area contributed by atoms with Crippen LogP contribution in [0.25, 0.3) is 11.3 Å². The molecule has 2 heterocycles. The van der Waals surface area contributed by atoms with E-state index in [1.54, 1.807) is 0 Å². The lowest BCUT2D eigenvalue weighted by molar-refractivity contribution is 0.0697. The first-order valence-corrected chi connectivity index (χ1v) is 5.50. The predicted octanol–water partition coefficient (Wildman–Crippen LogP) is 1.98. The number of aromatic carboxylic acids is 1. The van der Waals surface area contributed by atoms with Crippen LogP contribution in [0.2, 0.25) is 0 Å². The van der Waals surface area contributed by atoms with E-state index in [0.29, 0.717) is 24.3 Å². The van der Waals surface area contributed by atoms with E-state index in [-0.39, 0.29) is 0 Å². The average Bonchev–Trinajstić information content (AvgIpc) is 2.88. The predicted molar refractivity (Wildman–Crippen MR) is 63.7 cm³/mol. The van der Waals surface area contributed by atoms with Crippen molar-refractivity contribution in [2.24, 2.45) is 0 Å². The van der Waals surface area contributed by atoms with Crippen LogP contribution in [0.15, 0.2) is 30.3 Å². The summed E-state index contributed by atoms with van der Waals surface area (Å²) in [5.41, 5.74) is 3.90. The second kappa shape index (κ2) is 3.75. The summed E-state index contributed by atoms with van der Waals surface area (Å²) >= 11 is 0. The summed E-state index contributed by atoms with van der Waals surface area (Å²) in [6.07, 6.45) is 0. The molecule has 4 nitrogen and oxygen atoms in total. The first-order chi connectivity index (χ1) is 8.27. The summed E-state index contributed by atoms with van der Waals surface area (Å²) in [6, 6.07) is 9.57. The summed E-state index contributed by atoms with van der Waals surface area (Å²) in [6.45, 7) is 1.34. The number of carbonyl (C=O) groups is 1.